The third-order valence-electron chi connectivity index (χ3n) is 2.83. The highest BCUT2D eigenvalue weighted by Gasteiger charge is 2.39. The first-order valence-electron chi connectivity index (χ1n) is 6.19. The lowest BCUT2D eigenvalue weighted by atomic mass is 10.0. The van der Waals surface area contributed by atoms with Crippen LogP contribution in [0.3, 0.4) is 0 Å². The van der Waals surface area contributed by atoms with Crippen molar-refractivity contribution in [3.8, 4) is 5.75 Å². The molecule has 1 aliphatic heterocycles. The number of carbonyl (C=O) groups excluding carboxylic acids is 3. The molecule has 0 unspecified atom stereocenters. The van der Waals surface area contributed by atoms with Gasteiger partial charge in [-0.05, 0) is 12.1 Å². The van der Waals surface area contributed by atoms with E-state index in [1.165, 1.54) is 13.0 Å². The molecular weight excluding hydrogens is 305 g/mol. The third kappa shape index (κ3) is 3.18. The fourth-order valence-corrected chi connectivity index (χ4v) is 1.97. The fourth-order valence-electron chi connectivity index (χ4n) is 1.97. The van der Waals surface area contributed by atoms with Crippen LogP contribution in [0.2, 0.25) is 0 Å². The molecule has 2 N–H and O–H groups in total. The van der Waals surface area contributed by atoms with Crippen molar-refractivity contribution in [2.75, 3.05) is 17.2 Å². The van der Waals surface area contributed by atoms with Crippen LogP contribution in [0.25, 0.3) is 0 Å². The fraction of sp³-hybridized carbons (Fsp3) is 0.308. The van der Waals surface area contributed by atoms with Gasteiger partial charge in [0.05, 0.1) is 23.5 Å². The summed E-state index contributed by atoms with van der Waals surface area (Å²) in [4.78, 5) is 34.1. The Labute approximate surface area is 122 Å². The Hall–Kier alpha value is -2.58. The van der Waals surface area contributed by atoms with Crippen LogP contribution in [-0.2, 0) is 9.59 Å². The third-order valence-corrected chi connectivity index (χ3v) is 2.83. The summed E-state index contributed by atoms with van der Waals surface area (Å²) in [7, 11) is 0. The molecule has 0 bridgehead atoms. The van der Waals surface area contributed by atoms with Gasteiger partial charge in [-0.2, -0.15) is 13.2 Å². The normalized spacial score (nSPS) is 13.9. The summed E-state index contributed by atoms with van der Waals surface area (Å²) in [5.74, 6) is -3.16. The first kappa shape index (κ1) is 15.8. The standard InChI is InChI=1S/C13H11F3N2O4/c1-6(19)17-8-3-2-7(18-12(21)13(14,15)16)10-9(20)4-5-22-11(8)10/h2-3H,4-5H2,1H3,(H,17,19)(H,18,21). The van der Waals surface area contributed by atoms with Crippen molar-refractivity contribution in [1.82, 2.24) is 0 Å². The molecule has 0 fully saturated rings. The van der Waals surface area contributed by atoms with E-state index in [1.54, 1.807) is 5.32 Å². The highest BCUT2D eigenvalue weighted by Crippen LogP contribution is 2.38. The number of nitrogens with one attached hydrogen (secondary N) is 2. The summed E-state index contributed by atoms with van der Waals surface area (Å²) in [6, 6.07) is 2.37. The van der Waals surface area contributed by atoms with Gasteiger partial charge in [-0.3, -0.25) is 14.4 Å². The predicted molar refractivity (Wildman–Crippen MR) is 69.9 cm³/mol. The SMILES string of the molecule is CC(=O)Nc1ccc(NC(=O)C(F)(F)F)c2c1OCCC2=O. The minimum absolute atomic E-state index is 0.0363. The zero-order valence-electron chi connectivity index (χ0n) is 11.3. The molecule has 118 valence electrons. The van der Waals surface area contributed by atoms with Gasteiger partial charge >= 0.3 is 12.1 Å². The van der Waals surface area contributed by atoms with Gasteiger partial charge in [0.1, 0.15) is 0 Å². The van der Waals surface area contributed by atoms with Gasteiger partial charge in [0.25, 0.3) is 0 Å². The molecule has 0 atom stereocenters. The summed E-state index contributed by atoms with van der Waals surface area (Å²) in [5.41, 5.74) is -0.341. The number of ether oxygens (including phenoxy) is 1. The van der Waals surface area contributed by atoms with E-state index in [0.717, 1.165) is 6.07 Å². The van der Waals surface area contributed by atoms with Gasteiger partial charge in [-0.15, -0.1) is 0 Å². The minimum atomic E-state index is -5.08. The molecule has 0 saturated carbocycles. The van der Waals surface area contributed by atoms with Crippen LogP contribution in [-0.4, -0.2) is 30.4 Å². The first-order chi connectivity index (χ1) is 10.2. The number of alkyl halides is 3. The van der Waals surface area contributed by atoms with Crippen LogP contribution in [0, 0.1) is 0 Å². The molecule has 2 amide bonds. The second-order valence-electron chi connectivity index (χ2n) is 4.52. The van der Waals surface area contributed by atoms with Crippen molar-refractivity contribution in [2.45, 2.75) is 19.5 Å². The number of rotatable bonds is 2. The van der Waals surface area contributed by atoms with Gasteiger partial charge in [0.15, 0.2) is 11.5 Å². The van der Waals surface area contributed by atoms with E-state index >= 15 is 0 Å². The molecule has 9 heteroatoms. The van der Waals surface area contributed by atoms with Gasteiger partial charge in [0, 0.05) is 13.3 Å². The molecule has 0 saturated heterocycles. The zero-order valence-corrected chi connectivity index (χ0v) is 11.3. The second kappa shape index (κ2) is 5.66. The van der Waals surface area contributed by atoms with E-state index in [2.05, 4.69) is 5.32 Å². The van der Waals surface area contributed by atoms with Crippen molar-refractivity contribution >= 4 is 29.0 Å². The lowest BCUT2D eigenvalue weighted by Gasteiger charge is -2.22. The van der Waals surface area contributed by atoms with Crippen molar-refractivity contribution < 1.29 is 32.3 Å². The van der Waals surface area contributed by atoms with Crippen LogP contribution in [0.4, 0.5) is 24.5 Å². The van der Waals surface area contributed by atoms with E-state index in [4.69, 9.17) is 4.74 Å². The van der Waals surface area contributed by atoms with Crippen LogP contribution in [0.1, 0.15) is 23.7 Å². The molecular formula is C13H11F3N2O4. The molecule has 22 heavy (non-hydrogen) atoms. The van der Waals surface area contributed by atoms with Crippen LogP contribution < -0.4 is 15.4 Å². The number of anilines is 2. The Morgan fingerprint density at radius 1 is 1.18 bits per heavy atom. The molecule has 1 aliphatic rings. The molecule has 2 rings (SSSR count). The monoisotopic (exact) mass is 316 g/mol. The number of fused-ring (bicyclic) bond motifs is 1. The summed E-state index contributed by atoms with van der Waals surface area (Å²) in [5, 5.41) is 4.06. The van der Waals surface area contributed by atoms with Crippen LogP contribution >= 0.6 is 0 Å². The Balaban J connectivity index is 2.46. The van der Waals surface area contributed by atoms with Crippen molar-refractivity contribution in [3.05, 3.63) is 17.7 Å². The van der Waals surface area contributed by atoms with Crippen LogP contribution in [0.15, 0.2) is 12.1 Å². The van der Waals surface area contributed by atoms with E-state index < -0.39 is 23.8 Å². The Bertz CT molecular complexity index is 655. The molecule has 0 spiro atoms. The summed E-state index contributed by atoms with van der Waals surface area (Å²) < 4.78 is 42.3. The van der Waals surface area contributed by atoms with E-state index in [0.29, 0.717) is 0 Å². The van der Waals surface area contributed by atoms with Gasteiger partial charge in [-0.25, -0.2) is 0 Å². The number of hydrogen-bond acceptors (Lipinski definition) is 4. The lowest BCUT2D eigenvalue weighted by Crippen LogP contribution is -2.31. The van der Waals surface area contributed by atoms with Gasteiger partial charge in [-0.1, -0.05) is 0 Å². The summed E-state index contributed by atoms with van der Waals surface area (Å²) >= 11 is 0. The molecule has 0 aromatic heterocycles. The molecule has 6 nitrogen and oxygen atoms in total. The second-order valence-corrected chi connectivity index (χ2v) is 4.52. The average molecular weight is 316 g/mol. The first-order valence-corrected chi connectivity index (χ1v) is 6.19. The topological polar surface area (TPSA) is 84.5 Å². The zero-order chi connectivity index (χ0) is 16.5. The van der Waals surface area contributed by atoms with Crippen molar-refractivity contribution in [3.63, 3.8) is 0 Å². The molecule has 0 radical (unpaired) electrons. The Morgan fingerprint density at radius 2 is 1.82 bits per heavy atom. The maximum absolute atomic E-state index is 12.3. The number of hydrogen-bond donors (Lipinski definition) is 2. The van der Waals surface area contributed by atoms with Crippen molar-refractivity contribution in [1.29, 1.82) is 0 Å². The summed E-state index contributed by atoms with van der Waals surface area (Å²) in [6.07, 6.45) is -5.12. The van der Waals surface area contributed by atoms with Crippen LogP contribution in [0.5, 0.6) is 5.75 Å². The Morgan fingerprint density at radius 3 is 2.41 bits per heavy atom. The van der Waals surface area contributed by atoms with Gasteiger partial charge < -0.3 is 15.4 Å². The minimum Gasteiger partial charge on any atom is -0.490 e. The number of halogens is 3. The lowest BCUT2D eigenvalue weighted by molar-refractivity contribution is -0.167. The quantitative estimate of drug-likeness (QED) is 0.875. The smallest absolute Gasteiger partial charge is 0.471 e. The predicted octanol–water partition coefficient (Wildman–Crippen LogP) is 2.11. The van der Waals surface area contributed by atoms with E-state index in [-0.39, 0.29) is 35.7 Å². The maximum Gasteiger partial charge on any atom is 0.471 e. The van der Waals surface area contributed by atoms with Gasteiger partial charge in [0.2, 0.25) is 5.91 Å². The van der Waals surface area contributed by atoms with Crippen molar-refractivity contribution in [2.24, 2.45) is 0 Å². The van der Waals surface area contributed by atoms with E-state index in [9.17, 15) is 27.6 Å². The Kier molecular flexibility index (Phi) is 4.07. The summed E-state index contributed by atoms with van der Waals surface area (Å²) in [6.45, 7) is 1.27. The maximum atomic E-state index is 12.3. The highest BCUT2D eigenvalue weighted by atomic mass is 19.4. The van der Waals surface area contributed by atoms with E-state index in [1.807, 2.05) is 0 Å². The molecule has 0 aliphatic carbocycles. The molecule has 1 aromatic rings. The highest BCUT2D eigenvalue weighted by molar-refractivity contribution is 6.10. The number of benzene rings is 1. The number of ketones is 1. The molecule has 1 heterocycles. The number of amides is 2. The number of carbonyl (C=O) groups is 3. The largest absolute Gasteiger partial charge is 0.490 e. The average Bonchev–Trinajstić information content (AvgIpc) is 2.40. The number of Topliss-reactive ketones (excluding diaryl/α,β-unsaturated/α-hetero) is 1. The molecule has 1 aromatic carbocycles.